The maximum Gasteiger partial charge on any atom is 0.331 e. The molecule has 0 saturated heterocycles. The van der Waals surface area contributed by atoms with Crippen molar-refractivity contribution in [2.24, 2.45) is 0 Å². The van der Waals surface area contributed by atoms with E-state index < -0.39 is 11.5 Å². The molecular weight excluding hydrogens is 316 g/mol. The number of rotatable bonds is 7. The molecule has 2 rings (SSSR count). The zero-order valence-electron chi connectivity index (χ0n) is 15.1. The molecule has 0 aromatic heterocycles. The lowest BCUT2D eigenvalue weighted by Crippen LogP contribution is -2.55. The maximum atomic E-state index is 12.9. The Kier molecular flexibility index (Phi) is 6.02. The molecule has 5 nitrogen and oxygen atoms in total. The predicted octanol–water partition coefficient (Wildman–Crippen LogP) is 3.66. The Morgan fingerprint density at radius 3 is 2.16 bits per heavy atom. The van der Waals surface area contributed by atoms with Crippen LogP contribution in [0.4, 0.5) is 5.69 Å². The topological polar surface area (TPSA) is 81.4 Å². The standard InChI is InChI=1S/C20H26N2O3/c1-4-10-20(11-5-2,19(24)25-3)22-18(23)16-12-14-8-6-7-9-15(14)13-17(16)21/h6-9,12-13H,4-5,10-11,21H2,1-3H3,(H,22,23). The number of nitrogens with two attached hydrogens (primary N) is 1. The lowest BCUT2D eigenvalue weighted by atomic mass is 9.88. The highest BCUT2D eigenvalue weighted by molar-refractivity contribution is 6.05. The first-order valence-corrected chi connectivity index (χ1v) is 8.66. The summed E-state index contributed by atoms with van der Waals surface area (Å²) in [6.45, 7) is 3.95. The molecule has 0 unspecified atom stereocenters. The van der Waals surface area contributed by atoms with Gasteiger partial charge in [0.05, 0.1) is 12.7 Å². The van der Waals surface area contributed by atoms with E-state index in [1.54, 1.807) is 12.1 Å². The van der Waals surface area contributed by atoms with Crippen molar-refractivity contribution in [2.45, 2.75) is 45.1 Å². The zero-order valence-corrected chi connectivity index (χ0v) is 15.1. The van der Waals surface area contributed by atoms with Gasteiger partial charge in [-0.15, -0.1) is 0 Å². The van der Waals surface area contributed by atoms with Crippen molar-refractivity contribution >= 4 is 28.3 Å². The molecule has 0 aliphatic carbocycles. The van der Waals surface area contributed by atoms with E-state index in [2.05, 4.69) is 5.32 Å². The van der Waals surface area contributed by atoms with Crippen LogP contribution >= 0.6 is 0 Å². The van der Waals surface area contributed by atoms with Gasteiger partial charge in [-0.05, 0) is 35.7 Å². The van der Waals surface area contributed by atoms with E-state index >= 15 is 0 Å². The minimum atomic E-state index is -1.02. The lowest BCUT2D eigenvalue weighted by Gasteiger charge is -2.31. The van der Waals surface area contributed by atoms with Crippen molar-refractivity contribution in [3.63, 3.8) is 0 Å². The second kappa shape index (κ2) is 8.01. The summed E-state index contributed by atoms with van der Waals surface area (Å²) in [5, 5.41) is 4.81. The van der Waals surface area contributed by atoms with E-state index in [-0.39, 0.29) is 5.91 Å². The number of hydrogen-bond donors (Lipinski definition) is 2. The maximum absolute atomic E-state index is 12.9. The third-order valence-electron chi connectivity index (χ3n) is 4.44. The summed E-state index contributed by atoms with van der Waals surface area (Å²) in [6.07, 6.45) is 2.55. The van der Waals surface area contributed by atoms with Gasteiger partial charge in [0.25, 0.3) is 5.91 Å². The van der Waals surface area contributed by atoms with Crippen molar-refractivity contribution < 1.29 is 14.3 Å². The van der Waals surface area contributed by atoms with Gasteiger partial charge < -0.3 is 15.8 Å². The first kappa shape index (κ1) is 18.8. The van der Waals surface area contributed by atoms with Gasteiger partial charge in [-0.2, -0.15) is 0 Å². The Morgan fingerprint density at radius 1 is 1.08 bits per heavy atom. The smallest absolute Gasteiger partial charge is 0.331 e. The van der Waals surface area contributed by atoms with Gasteiger partial charge in [-0.3, -0.25) is 4.79 Å². The lowest BCUT2D eigenvalue weighted by molar-refractivity contribution is -0.149. The van der Waals surface area contributed by atoms with E-state index in [1.807, 2.05) is 38.1 Å². The Morgan fingerprint density at radius 2 is 1.64 bits per heavy atom. The highest BCUT2D eigenvalue weighted by Gasteiger charge is 2.39. The molecule has 1 amide bonds. The number of benzene rings is 2. The van der Waals surface area contributed by atoms with Gasteiger partial charge in [0.2, 0.25) is 0 Å². The van der Waals surface area contributed by atoms with Gasteiger partial charge in [0.15, 0.2) is 0 Å². The molecule has 0 spiro atoms. The molecule has 0 fully saturated rings. The summed E-state index contributed by atoms with van der Waals surface area (Å²) in [5.41, 5.74) is 5.83. The first-order valence-electron chi connectivity index (χ1n) is 8.66. The molecule has 0 saturated carbocycles. The molecule has 2 aromatic rings. The molecular formula is C20H26N2O3. The van der Waals surface area contributed by atoms with Crippen LogP contribution in [0.5, 0.6) is 0 Å². The number of nitrogen functional groups attached to an aromatic ring is 1. The van der Waals surface area contributed by atoms with Crippen LogP contribution in [0.3, 0.4) is 0 Å². The molecule has 0 heterocycles. The molecule has 0 atom stereocenters. The Hall–Kier alpha value is -2.56. The summed E-state index contributed by atoms with van der Waals surface area (Å²) in [6, 6.07) is 11.3. The van der Waals surface area contributed by atoms with Crippen LogP contribution in [0.1, 0.15) is 49.9 Å². The fourth-order valence-electron chi connectivity index (χ4n) is 3.29. The molecule has 3 N–H and O–H groups in total. The zero-order chi connectivity index (χ0) is 18.4. The van der Waals surface area contributed by atoms with Crippen molar-refractivity contribution in [3.8, 4) is 0 Å². The Balaban J connectivity index is 2.40. The van der Waals surface area contributed by atoms with Crippen LogP contribution in [0.15, 0.2) is 36.4 Å². The molecule has 0 aliphatic heterocycles. The van der Waals surface area contributed by atoms with Crippen LogP contribution < -0.4 is 11.1 Å². The summed E-state index contributed by atoms with van der Waals surface area (Å²) in [7, 11) is 1.35. The summed E-state index contributed by atoms with van der Waals surface area (Å²) >= 11 is 0. The molecule has 5 heteroatoms. The number of carbonyl (C=O) groups excluding carboxylic acids is 2. The number of fused-ring (bicyclic) bond motifs is 1. The quantitative estimate of drug-likeness (QED) is 0.594. The summed E-state index contributed by atoms with van der Waals surface area (Å²) in [5.74, 6) is -0.764. The number of amides is 1. The number of anilines is 1. The van der Waals surface area contributed by atoms with Crippen molar-refractivity contribution in [1.82, 2.24) is 5.32 Å². The Bertz CT molecular complexity index is 765. The van der Waals surface area contributed by atoms with Gasteiger partial charge in [0, 0.05) is 5.69 Å². The minimum absolute atomic E-state index is 0.351. The van der Waals surface area contributed by atoms with Crippen LogP contribution in [-0.4, -0.2) is 24.5 Å². The predicted molar refractivity (Wildman–Crippen MR) is 100 cm³/mol. The highest BCUT2D eigenvalue weighted by atomic mass is 16.5. The van der Waals surface area contributed by atoms with E-state index in [0.29, 0.717) is 24.1 Å². The van der Waals surface area contributed by atoms with E-state index in [0.717, 1.165) is 23.6 Å². The van der Waals surface area contributed by atoms with Crippen LogP contribution in [0, 0.1) is 0 Å². The summed E-state index contributed by atoms with van der Waals surface area (Å²) in [4.78, 5) is 25.3. The fourth-order valence-corrected chi connectivity index (χ4v) is 3.29. The average molecular weight is 342 g/mol. The SMILES string of the molecule is CCCC(CCC)(NC(=O)c1cc2ccccc2cc1N)C(=O)OC. The van der Waals surface area contributed by atoms with E-state index in [1.165, 1.54) is 7.11 Å². The van der Waals surface area contributed by atoms with E-state index in [9.17, 15) is 9.59 Å². The number of carbonyl (C=O) groups is 2. The third kappa shape index (κ3) is 3.92. The fraction of sp³-hybridized carbons (Fsp3) is 0.400. The van der Waals surface area contributed by atoms with Crippen LogP contribution in [0.25, 0.3) is 10.8 Å². The number of hydrogen-bond acceptors (Lipinski definition) is 4. The van der Waals surface area contributed by atoms with E-state index in [4.69, 9.17) is 10.5 Å². The molecule has 0 radical (unpaired) electrons. The van der Waals surface area contributed by atoms with Gasteiger partial charge in [0.1, 0.15) is 5.54 Å². The highest BCUT2D eigenvalue weighted by Crippen LogP contribution is 2.26. The average Bonchev–Trinajstić information content (AvgIpc) is 2.60. The third-order valence-corrected chi connectivity index (χ3v) is 4.44. The van der Waals surface area contributed by atoms with Crippen LogP contribution in [0.2, 0.25) is 0 Å². The molecule has 134 valence electrons. The molecule has 25 heavy (non-hydrogen) atoms. The van der Waals surface area contributed by atoms with Crippen molar-refractivity contribution in [3.05, 3.63) is 42.0 Å². The van der Waals surface area contributed by atoms with Crippen molar-refractivity contribution in [2.75, 3.05) is 12.8 Å². The minimum Gasteiger partial charge on any atom is -0.467 e. The summed E-state index contributed by atoms with van der Waals surface area (Å²) < 4.78 is 4.97. The number of ether oxygens (including phenoxy) is 1. The number of methoxy groups -OCH3 is 1. The van der Waals surface area contributed by atoms with Gasteiger partial charge in [-0.1, -0.05) is 51.0 Å². The second-order valence-electron chi connectivity index (χ2n) is 6.31. The van der Waals surface area contributed by atoms with Crippen molar-refractivity contribution in [1.29, 1.82) is 0 Å². The molecule has 0 aliphatic rings. The van der Waals surface area contributed by atoms with Gasteiger partial charge >= 0.3 is 5.97 Å². The largest absolute Gasteiger partial charge is 0.467 e. The van der Waals surface area contributed by atoms with Gasteiger partial charge in [-0.25, -0.2) is 4.79 Å². The molecule has 0 bridgehead atoms. The number of nitrogens with one attached hydrogen (secondary N) is 1. The number of esters is 1. The normalized spacial score (nSPS) is 11.3. The first-order chi connectivity index (χ1) is 12.0. The molecule has 2 aromatic carbocycles. The Labute approximate surface area is 148 Å². The monoisotopic (exact) mass is 342 g/mol. The van der Waals surface area contributed by atoms with Crippen LogP contribution in [-0.2, 0) is 9.53 Å². The second-order valence-corrected chi connectivity index (χ2v) is 6.31.